The van der Waals surface area contributed by atoms with Crippen LogP contribution in [0.2, 0.25) is 0 Å². The first-order valence-corrected chi connectivity index (χ1v) is 7.44. The highest BCUT2D eigenvalue weighted by Gasteiger charge is 2.34. The number of amides is 1. The molecule has 2 aromatic rings. The van der Waals surface area contributed by atoms with Crippen LogP contribution in [-0.2, 0) is 4.74 Å². The third-order valence-corrected chi connectivity index (χ3v) is 3.88. The Morgan fingerprint density at radius 1 is 1.04 bits per heavy atom. The van der Waals surface area contributed by atoms with Crippen LogP contribution in [-0.4, -0.2) is 38.2 Å². The van der Waals surface area contributed by atoms with E-state index in [9.17, 15) is 4.79 Å². The van der Waals surface area contributed by atoms with Gasteiger partial charge >= 0.3 is 0 Å². The van der Waals surface area contributed by atoms with Crippen LogP contribution in [0.5, 0.6) is 11.5 Å². The Morgan fingerprint density at radius 2 is 1.70 bits per heavy atom. The Kier molecular flexibility index (Phi) is 4.48. The molecule has 3 rings (SSSR count). The number of nitrogens with zero attached hydrogens (tertiary/aromatic N) is 1. The van der Waals surface area contributed by atoms with Gasteiger partial charge in [0.15, 0.2) is 6.23 Å². The number of benzene rings is 2. The summed E-state index contributed by atoms with van der Waals surface area (Å²) in [5, 5.41) is 0. The van der Waals surface area contributed by atoms with Crippen molar-refractivity contribution in [3.05, 3.63) is 59.7 Å². The average molecular weight is 313 g/mol. The van der Waals surface area contributed by atoms with Gasteiger partial charge in [-0.05, 0) is 12.1 Å². The zero-order chi connectivity index (χ0) is 16.2. The summed E-state index contributed by atoms with van der Waals surface area (Å²) in [4.78, 5) is 14.8. The molecule has 1 saturated heterocycles. The fourth-order valence-corrected chi connectivity index (χ4v) is 2.78. The second-order valence-corrected chi connectivity index (χ2v) is 5.17. The first-order chi connectivity index (χ1) is 11.3. The van der Waals surface area contributed by atoms with Gasteiger partial charge in [0.1, 0.15) is 17.1 Å². The number of ether oxygens (including phenoxy) is 3. The van der Waals surface area contributed by atoms with Crippen molar-refractivity contribution < 1.29 is 19.0 Å². The second-order valence-electron chi connectivity index (χ2n) is 5.17. The van der Waals surface area contributed by atoms with Crippen LogP contribution in [0.15, 0.2) is 48.5 Å². The molecule has 0 spiro atoms. The largest absolute Gasteiger partial charge is 0.496 e. The standard InChI is InChI=1S/C18H19NO4/c1-21-14-9-6-10-15(22-2)16(14)17(20)19-11-12-23-18(19)13-7-4-3-5-8-13/h3-10,18H,11-12H2,1-2H3. The van der Waals surface area contributed by atoms with Gasteiger partial charge in [-0.15, -0.1) is 0 Å². The van der Waals surface area contributed by atoms with E-state index in [1.165, 1.54) is 0 Å². The highest BCUT2D eigenvalue weighted by Crippen LogP contribution is 2.34. The van der Waals surface area contributed by atoms with E-state index in [-0.39, 0.29) is 5.91 Å². The minimum atomic E-state index is -0.390. The minimum Gasteiger partial charge on any atom is -0.496 e. The molecule has 1 aliphatic heterocycles. The topological polar surface area (TPSA) is 48.0 Å². The monoisotopic (exact) mass is 313 g/mol. The lowest BCUT2D eigenvalue weighted by Gasteiger charge is -2.25. The Labute approximate surface area is 135 Å². The van der Waals surface area contributed by atoms with Gasteiger partial charge in [-0.1, -0.05) is 36.4 Å². The summed E-state index contributed by atoms with van der Waals surface area (Å²) in [7, 11) is 3.08. The maximum atomic E-state index is 13.1. The molecule has 0 radical (unpaired) electrons. The van der Waals surface area contributed by atoms with Crippen molar-refractivity contribution in [2.24, 2.45) is 0 Å². The van der Waals surface area contributed by atoms with Crippen molar-refractivity contribution >= 4 is 5.91 Å². The highest BCUT2D eigenvalue weighted by atomic mass is 16.5. The van der Waals surface area contributed by atoms with Gasteiger partial charge in [-0.3, -0.25) is 4.79 Å². The van der Waals surface area contributed by atoms with Crippen LogP contribution in [0.3, 0.4) is 0 Å². The zero-order valence-electron chi connectivity index (χ0n) is 13.2. The normalized spacial score (nSPS) is 17.1. The molecule has 1 amide bonds. The van der Waals surface area contributed by atoms with Crippen molar-refractivity contribution in [3.8, 4) is 11.5 Å². The number of carbonyl (C=O) groups is 1. The quantitative estimate of drug-likeness (QED) is 0.871. The van der Waals surface area contributed by atoms with Gasteiger partial charge in [-0.2, -0.15) is 0 Å². The van der Waals surface area contributed by atoms with E-state index in [1.54, 1.807) is 37.3 Å². The number of methoxy groups -OCH3 is 2. The molecule has 5 heteroatoms. The van der Waals surface area contributed by atoms with Gasteiger partial charge < -0.3 is 19.1 Å². The van der Waals surface area contributed by atoms with Crippen molar-refractivity contribution in [3.63, 3.8) is 0 Å². The van der Waals surface area contributed by atoms with Crippen molar-refractivity contribution in [2.45, 2.75) is 6.23 Å². The molecule has 0 bridgehead atoms. The predicted octanol–water partition coefficient (Wildman–Crippen LogP) is 2.88. The third-order valence-electron chi connectivity index (χ3n) is 3.88. The van der Waals surface area contributed by atoms with Crippen molar-refractivity contribution in [2.75, 3.05) is 27.4 Å². The van der Waals surface area contributed by atoms with Gasteiger partial charge in [0.2, 0.25) is 0 Å². The first-order valence-electron chi connectivity index (χ1n) is 7.44. The molecule has 0 saturated carbocycles. The molecular weight excluding hydrogens is 294 g/mol. The maximum absolute atomic E-state index is 13.1. The van der Waals surface area contributed by atoms with Crippen molar-refractivity contribution in [1.29, 1.82) is 0 Å². The lowest BCUT2D eigenvalue weighted by molar-refractivity contribution is 0.0268. The Morgan fingerprint density at radius 3 is 2.30 bits per heavy atom. The molecule has 0 aromatic heterocycles. The fraction of sp³-hybridized carbons (Fsp3) is 0.278. The van der Waals surface area contributed by atoms with E-state index in [0.717, 1.165) is 5.56 Å². The fourth-order valence-electron chi connectivity index (χ4n) is 2.78. The van der Waals surface area contributed by atoms with Gasteiger partial charge in [0.05, 0.1) is 20.8 Å². The SMILES string of the molecule is COc1cccc(OC)c1C(=O)N1CCOC1c1ccccc1. The lowest BCUT2D eigenvalue weighted by Crippen LogP contribution is -2.31. The summed E-state index contributed by atoms with van der Waals surface area (Å²) in [6.45, 7) is 1.03. The van der Waals surface area contributed by atoms with Crippen LogP contribution < -0.4 is 9.47 Å². The van der Waals surface area contributed by atoms with Crippen LogP contribution in [0.25, 0.3) is 0 Å². The molecule has 1 aliphatic rings. The zero-order valence-corrected chi connectivity index (χ0v) is 13.2. The summed E-state index contributed by atoms with van der Waals surface area (Å²) in [6, 6.07) is 15.0. The molecule has 1 atom stereocenters. The smallest absolute Gasteiger partial charge is 0.263 e. The maximum Gasteiger partial charge on any atom is 0.263 e. The van der Waals surface area contributed by atoms with Gasteiger partial charge in [0, 0.05) is 12.1 Å². The average Bonchev–Trinajstić information content (AvgIpc) is 3.10. The Hall–Kier alpha value is -2.53. The van der Waals surface area contributed by atoms with Crippen LogP contribution in [0.4, 0.5) is 0 Å². The first kappa shape index (κ1) is 15.4. The van der Waals surface area contributed by atoms with E-state index < -0.39 is 6.23 Å². The molecule has 23 heavy (non-hydrogen) atoms. The number of hydrogen-bond acceptors (Lipinski definition) is 4. The van der Waals surface area contributed by atoms with Crippen LogP contribution in [0, 0.1) is 0 Å². The molecule has 2 aromatic carbocycles. The summed E-state index contributed by atoms with van der Waals surface area (Å²) in [5.41, 5.74) is 1.37. The van der Waals surface area contributed by atoms with Crippen LogP contribution in [0.1, 0.15) is 22.1 Å². The van der Waals surface area contributed by atoms with Crippen molar-refractivity contribution in [1.82, 2.24) is 4.90 Å². The molecule has 1 unspecified atom stereocenters. The van der Waals surface area contributed by atoms with E-state index in [0.29, 0.717) is 30.2 Å². The summed E-state index contributed by atoms with van der Waals surface area (Å²) >= 11 is 0. The minimum absolute atomic E-state index is 0.161. The molecule has 5 nitrogen and oxygen atoms in total. The van der Waals surface area contributed by atoms with Gasteiger partial charge in [-0.25, -0.2) is 0 Å². The molecule has 120 valence electrons. The molecule has 1 fully saturated rings. The number of carbonyl (C=O) groups excluding carboxylic acids is 1. The predicted molar refractivity (Wildman–Crippen MR) is 85.7 cm³/mol. The third kappa shape index (κ3) is 2.87. The van der Waals surface area contributed by atoms with E-state index in [4.69, 9.17) is 14.2 Å². The Balaban J connectivity index is 1.97. The van der Waals surface area contributed by atoms with E-state index in [2.05, 4.69) is 0 Å². The summed E-state index contributed by atoms with van der Waals surface area (Å²) in [6.07, 6.45) is -0.390. The number of hydrogen-bond donors (Lipinski definition) is 0. The number of rotatable bonds is 4. The molecule has 0 N–H and O–H groups in total. The Bertz CT molecular complexity index is 664. The lowest BCUT2D eigenvalue weighted by atomic mass is 10.1. The van der Waals surface area contributed by atoms with E-state index in [1.807, 2.05) is 30.3 Å². The second kappa shape index (κ2) is 6.71. The van der Waals surface area contributed by atoms with E-state index >= 15 is 0 Å². The summed E-state index contributed by atoms with van der Waals surface area (Å²) in [5.74, 6) is 0.826. The summed E-state index contributed by atoms with van der Waals surface area (Å²) < 4.78 is 16.4. The molecular formula is C18H19NO4. The van der Waals surface area contributed by atoms with Gasteiger partial charge in [0.25, 0.3) is 5.91 Å². The molecule has 1 heterocycles. The van der Waals surface area contributed by atoms with Crippen LogP contribution >= 0.6 is 0 Å². The molecule has 0 aliphatic carbocycles. The highest BCUT2D eigenvalue weighted by molar-refractivity contribution is 6.00.